The molecule has 0 bridgehead atoms. The van der Waals surface area contributed by atoms with E-state index in [2.05, 4.69) is 20.8 Å². The zero-order chi connectivity index (χ0) is 23.8. The van der Waals surface area contributed by atoms with Gasteiger partial charge in [0, 0.05) is 18.5 Å². The fourth-order valence-corrected chi connectivity index (χ4v) is 5.31. The van der Waals surface area contributed by atoms with E-state index in [1.54, 1.807) is 0 Å². The molecule has 0 aromatic rings. The van der Waals surface area contributed by atoms with Gasteiger partial charge in [-0.1, -0.05) is 53.9 Å². The van der Waals surface area contributed by atoms with Gasteiger partial charge in [0.15, 0.2) is 0 Å². The first kappa shape index (κ1) is 27.4. The van der Waals surface area contributed by atoms with E-state index in [9.17, 15) is 14.4 Å². The number of hydrogen-bond donors (Lipinski definition) is 0. The highest BCUT2D eigenvalue weighted by molar-refractivity contribution is 5.86. The van der Waals surface area contributed by atoms with Gasteiger partial charge in [-0.15, -0.1) is 0 Å². The van der Waals surface area contributed by atoms with Gasteiger partial charge in [-0.2, -0.15) is 0 Å². The van der Waals surface area contributed by atoms with E-state index in [1.807, 2.05) is 25.7 Å². The summed E-state index contributed by atoms with van der Waals surface area (Å²) in [5, 5.41) is 0. The SMILES string of the molecule is CCCCCCN1CC(C(=O)OC)CC(C)(CC(C)C(C)(CC(C)C)C(=O)OC)C1=O. The number of ether oxygens (including phenoxy) is 2. The average molecular weight is 440 g/mol. The molecule has 6 heteroatoms. The third-order valence-electron chi connectivity index (χ3n) is 7.09. The van der Waals surface area contributed by atoms with Crippen molar-refractivity contribution in [3.63, 3.8) is 0 Å². The van der Waals surface area contributed by atoms with E-state index in [1.165, 1.54) is 14.2 Å². The van der Waals surface area contributed by atoms with Crippen LogP contribution in [0.2, 0.25) is 0 Å². The van der Waals surface area contributed by atoms with Crippen LogP contribution < -0.4 is 0 Å². The summed E-state index contributed by atoms with van der Waals surface area (Å²) in [5.41, 5.74) is -1.40. The molecule has 1 aliphatic heterocycles. The van der Waals surface area contributed by atoms with Crippen molar-refractivity contribution in [2.75, 3.05) is 27.3 Å². The Morgan fingerprint density at radius 2 is 1.81 bits per heavy atom. The lowest BCUT2D eigenvalue weighted by Gasteiger charge is -2.46. The maximum atomic E-state index is 13.5. The Morgan fingerprint density at radius 3 is 2.32 bits per heavy atom. The molecule has 4 unspecified atom stereocenters. The molecule has 0 saturated carbocycles. The van der Waals surface area contributed by atoms with Crippen molar-refractivity contribution in [2.45, 2.75) is 86.5 Å². The lowest BCUT2D eigenvalue weighted by molar-refractivity contribution is -0.164. The molecule has 0 aliphatic carbocycles. The highest BCUT2D eigenvalue weighted by Crippen LogP contribution is 2.46. The molecule has 0 spiro atoms. The third-order valence-corrected chi connectivity index (χ3v) is 7.09. The Balaban J connectivity index is 3.13. The van der Waals surface area contributed by atoms with Crippen LogP contribution in [0.25, 0.3) is 0 Å². The van der Waals surface area contributed by atoms with E-state index in [4.69, 9.17) is 9.47 Å². The Kier molecular flexibility index (Phi) is 10.5. The summed E-state index contributed by atoms with van der Waals surface area (Å²) in [6.45, 7) is 13.4. The first-order valence-corrected chi connectivity index (χ1v) is 11.9. The van der Waals surface area contributed by atoms with Gasteiger partial charge in [0.05, 0.1) is 25.6 Å². The molecular weight excluding hydrogens is 394 g/mol. The van der Waals surface area contributed by atoms with Gasteiger partial charge >= 0.3 is 11.9 Å². The number of carbonyl (C=O) groups excluding carboxylic acids is 3. The van der Waals surface area contributed by atoms with Crippen LogP contribution in [-0.4, -0.2) is 50.1 Å². The molecule has 0 N–H and O–H groups in total. The van der Waals surface area contributed by atoms with Gasteiger partial charge in [-0.05, 0) is 44.4 Å². The highest BCUT2D eigenvalue weighted by atomic mass is 16.5. The summed E-state index contributed by atoms with van der Waals surface area (Å²) in [6.07, 6.45) is 5.96. The van der Waals surface area contributed by atoms with Gasteiger partial charge in [0.1, 0.15) is 0 Å². The number of esters is 2. The summed E-state index contributed by atoms with van der Waals surface area (Å²) >= 11 is 0. The fraction of sp³-hybridized carbons (Fsp3) is 0.880. The molecule has 0 aromatic heterocycles. The smallest absolute Gasteiger partial charge is 0.311 e. The summed E-state index contributed by atoms with van der Waals surface area (Å²) in [6, 6.07) is 0. The second kappa shape index (κ2) is 11.9. The number of likely N-dealkylation sites (tertiary alicyclic amines) is 1. The van der Waals surface area contributed by atoms with E-state index < -0.39 is 10.8 Å². The maximum absolute atomic E-state index is 13.5. The van der Waals surface area contributed by atoms with Gasteiger partial charge in [0.25, 0.3) is 0 Å². The van der Waals surface area contributed by atoms with Gasteiger partial charge in [-0.25, -0.2) is 0 Å². The van der Waals surface area contributed by atoms with Gasteiger partial charge in [-0.3, -0.25) is 14.4 Å². The number of rotatable bonds is 12. The number of amides is 1. The number of hydrogen-bond acceptors (Lipinski definition) is 5. The standard InChI is InChI=1S/C25H45NO5/c1-9-10-11-12-13-26-17-20(21(27)30-7)16-24(5,22(26)28)15-19(4)25(6,14-18(2)3)23(29)31-8/h18-20H,9-17H2,1-8H3. The van der Waals surface area contributed by atoms with Gasteiger partial charge < -0.3 is 14.4 Å². The monoisotopic (exact) mass is 439 g/mol. The van der Waals surface area contributed by atoms with Crippen LogP contribution in [0.3, 0.4) is 0 Å². The molecular formula is C25H45NO5. The molecule has 1 amide bonds. The van der Waals surface area contributed by atoms with Crippen molar-refractivity contribution >= 4 is 17.8 Å². The van der Waals surface area contributed by atoms with Crippen molar-refractivity contribution < 1.29 is 23.9 Å². The van der Waals surface area contributed by atoms with Crippen LogP contribution in [0.4, 0.5) is 0 Å². The summed E-state index contributed by atoms with van der Waals surface area (Å²) < 4.78 is 10.2. The molecule has 1 aliphatic rings. The van der Waals surface area contributed by atoms with Crippen LogP contribution in [0.5, 0.6) is 0 Å². The normalized spacial score (nSPS) is 24.6. The number of piperidine rings is 1. The molecule has 1 rings (SSSR count). The predicted molar refractivity (Wildman–Crippen MR) is 122 cm³/mol. The Labute approximate surface area is 189 Å². The maximum Gasteiger partial charge on any atom is 0.311 e. The summed E-state index contributed by atoms with van der Waals surface area (Å²) in [5.74, 6) is -0.494. The van der Waals surface area contributed by atoms with Crippen molar-refractivity contribution in [3.05, 3.63) is 0 Å². The molecule has 6 nitrogen and oxygen atoms in total. The second-order valence-corrected chi connectivity index (χ2v) is 10.4. The molecule has 4 atom stereocenters. The third kappa shape index (κ3) is 6.95. The average Bonchev–Trinajstić information content (AvgIpc) is 2.71. The molecule has 1 saturated heterocycles. The highest BCUT2D eigenvalue weighted by Gasteiger charge is 2.50. The number of unbranched alkanes of at least 4 members (excludes halogenated alkanes) is 3. The Morgan fingerprint density at radius 1 is 1.16 bits per heavy atom. The lowest BCUT2D eigenvalue weighted by Crippen LogP contribution is -2.54. The van der Waals surface area contributed by atoms with Crippen LogP contribution in [0.15, 0.2) is 0 Å². The van der Waals surface area contributed by atoms with Crippen molar-refractivity contribution in [2.24, 2.45) is 28.6 Å². The minimum Gasteiger partial charge on any atom is -0.469 e. The largest absolute Gasteiger partial charge is 0.469 e. The molecule has 0 radical (unpaired) electrons. The van der Waals surface area contributed by atoms with E-state index in [0.29, 0.717) is 38.3 Å². The molecule has 1 heterocycles. The number of nitrogens with zero attached hydrogens (tertiary/aromatic N) is 1. The molecule has 1 fully saturated rings. The lowest BCUT2D eigenvalue weighted by atomic mass is 9.63. The summed E-state index contributed by atoms with van der Waals surface area (Å²) in [4.78, 5) is 40.6. The molecule has 180 valence electrons. The van der Waals surface area contributed by atoms with Gasteiger partial charge in [0.2, 0.25) is 5.91 Å². The second-order valence-electron chi connectivity index (χ2n) is 10.4. The van der Waals surface area contributed by atoms with Crippen molar-refractivity contribution in [3.8, 4) is 0 Å². The summed E-state index contributed by atoms with van der Waals surface area (Å²) in [7, 11) is 2.83. The van der Waals surface area contributed by atoms with E-state index >= 15 is 0 Å². The van der Waals surface area contributed by atoms with Crippen LogP contribution in [0.1, 0.15) is 86.5 Å². The first-order chi connectivity index (χ1) is 14.4. The Bertz CT molecular complexity index is 619. The fourth-order valence-electron chi connectivity index (χ4n) is 5.31. The minimum atomic E-state index is -0.715. The first-order valence-electron chi connectivity index (χ1n) is 11.9. The van der Waals surface area contributed by atoms with Crippen LogP contribution in [0, 0.1) is 28.6 Å². The number of methoxy groups -OCH3 is 2. The van der Waals surface area contributed by atoms with Crippen molar-refractivity contribution in [1.29, 1.82) is 0 Å². The predicted octanol–water partition coefficient (Wildman–Crippen LogP) is 4.85. The van der Waals surface area contributed by atoms with E-state index in [-0.39, 0.29) is 29.7 Å². The zero-order valence-corrected chi connectivity index (χ0v) is 21.1. The zero-order valence-electron chi connectivity index (χ0n) is 21.1. The molecule has 0 aromatic carbocycles. The number of carbonyl (C=O) groups is 3. The molecule has 31 heavy (non-hydrogen) atoms. The Hall–Kier alpha value is -1.59. The van der Waals surface area contributed by atoms with Crippen molar-refractivity contribution in [1.82, 2.24) is 4.90 Å². The topological polar surface area (TPSA) is 72.9 Å². The van der Waals surface area contributed by atoms with E-state index in [0.717, 1.165) is 25.7 Å². The van der Waals surface area contributed by atoms with Crippen LogP contribution >= 0.6 is 0 Å². The van der Waals surface area contributed by atoms with Crippen LogP contribution in [-0.2, 0) is 23.9 Å². The quantitative estimate of drug-likeness (QED) is 0.321. The minimum absolute atomic E-state index is 0.0744.